The molecule has 18 heavy (non-hydrogen) atoms. The minimum Gasteiger partial charge on any atom is -0.333 e. The molecule has 0 radical (unpaired) electrons. The molecule has 2 unspecified atom stereocenters. The van der Waals surface area contributed by atoms with Gasteiger partial charge in [-0.25, -0.2) is 4.79 Å². The first kappa shape index (κ1) is 13.6. The summed E-state index contributed by atoms with van der Waals surface area (Å²) in [4.78, 5) is 16.2. The number of rotatable bonds is 4. The van der Waals surface area contributed by atoms with E-state index < -0.39 is 0 Å². The number of nitrogens with one attached hydrogen (secondary N) is 2. The van der Waals surface area contributed by atoms with Crippen LogP contribution in [0.3, 0.4) is 0 Å². The third-order valence-electron chi connectivity index (χ3n) is 4.19. The van der Waals surface area contributed by atoms with E-state index in [1.807, 2.05) is 4.90 Å². The Morgan fingerprint density at radius 1 is 1.44 bits per heavy atom. The summed E-state index contributed by atoms with van der Waals surface area (Å²) in [6.45, 7) is 9.27. The van der Waals surface area contributed by atoms with Crippen LogP contribution in [0.2, 0.25) is 0 Å². The topological polar surface area (TPSA) is 47.6 Å². The third kappa shape index (κ3) is 3.14. The summed E-state index contributed by atoms with van der Waals surface area (Å²) in [7, 11) is 2.17. The van der Waals surface area contributed by atoms with Gasteiger partial charge >= 0.3 is 6.03 Å². The monoisotopic (exact) mass is 254 g/mol. The largest absolute Gasteiger partial charge is 0.333 e. The van der Waals surface area contributed by atoms with Crippen molar-refractivity contribution in [3.05, 3.63) is 0 Å². The summed E-state index contributed by atoms with van der Waals surface area (Å²) in [5, 5.41) is 6.48. The Balaban J connectivity index is 1.78. The lowest BCUT2D eigenvalue weighted by atomic mass is 10.1. The molecule has 2 N–H and O–H groups in total. The summed E-state index contributed by atoms with van der Waals surface area (Å²) in [6, 6.07) is 0.990. The Kier molecular flexibility index (Phi) is 4.45. The highest BCUT2D eigenvalue weighted by atomic mass is 16.2. The Labute approximate surface area is 110 Å². The van der Waals surface area contributed by atoms with Crippen LogP contribution >= 0.6 is 0 Å². The number of nitrogens with zero attached hydrogens (tertiary/aromatic N) is 2. The molecular formula is C13H26N4O. The zero-order valence-corrected chi connectivity index (χ0v) is 11.8. The van der Waals surface area contributed by atoms with E-state index >= 15 is 0 Å². The highest BCUT2D eigenvalue weighted by molar-refractivity contribution is 5.76. The molecule has 2 fully saturated rings. The number of piperazine rings is 1. The average molecular weight is 254 g/mol. The highest BCUT2D eigenvalue weighted by Gasteiger charge is 2.31. The molecular weight excluding hydrogens is 228 g/mol. The molecule has 2 saturated heterocycles. The molecule has 2 aliphatic heterocycles. The fraction of sp³-hybridized carbons (Fsp3) is 0.923. The molecule has 0 bridgehead atoms. The minimum absolute atomic E-state index is 0.111. The molecule has 2 rings (SSSR count). The fourth-order valence-electron chi connectivity index (χ4n) is 2.68. The van der Waals surface area contributed by atoms with Crippen LogP contribution in [0, 0.1) is 5.92 Å². The number of carbonyl (C=O) groups is 1. The molecule has 2 heterocycles. The maximum atomic E-state index is 11.8. The Hall–Kier alpha value is -0.810. The molecule has 0 saturated carbocycles. The maximum absolute atomic E-state index is 11.8. The van der Waals surface area contributed by atoms with E-state index in [1.165, 1.54) is 0 Å². The van der Waals surface area contributed by atoms with Gasteiger partial charge in [0.15, 0.2) is 0 Å². The van der Waals surface area contributed by atoms with Crippen LogP contribution in [0.1, 0.15) is 20.3 Å². The SMILES string of the molecule is CC(C)C1CN(CCC2CNCCN2C)C(=O)N1. The summed E-state index contributed by atoms with van der Waals surface area (Å²) < 4.78 is 0. The van der Waals surface area contributed by atoms with Gasteiger partial charge in [-0.3, -0.25) is 0 Å². The van der Waals surface area contributed by atoms with Crippen LogP contribution in [0.25, 0.3) is 0 Å². The second kappa shape index (κ2) is 5.89. The summed E-state index contributed by atoms with van der Waals surface area (Å²) in [6.07, 6.45) is 1.06. The van der Waals surface area contributed by atoms with Crippen LogP contribution in [-0.4, -0.2) is 67.7 Å². The lowest BCUT2D eigenvalue weighted by molar-refractivity contribution is 0.171. The van der Waals surface area contributed by atoms with E-state index in [0.29, 0.717) is 18.0 Å². The van der Waals surface area contributed by atoms with Crippen LogP contribution < -0.4 is 10.6 Å². The predicted octanol–water partition coefficient (Wildman–Crippen LogP) is 0.330. The van der Waals surface area contributed by atoms with Crippen molar-refractivity contribution in [3.8, 4) is 0 Å². The van der Waals surface area contributed by atoms with E-state index in [2.05, 4.69) is 36.4 Å². The smallest absolute Gasteiger partial charge is 0.317 e. The van der Waals surface area contributed by atoms with Crippen molar-refractivity contribution in [1.29, 1.82) is 0 Å². The lowest BCUT2D eigenvalue weighted by Crippen LogP contribution is -2.50. The van der Waals surface area contributed by atoms with Gasteiger partial charge in [0.25, 0.3) is 0 Å². The Morgan fingerprint density at radius 3 is 2.83 bits per heavy atom. The first-order valence-corrected chi connectivity index (χ1v) is 7.04. The Bertz CT molecular complexity index is 295. The van der Waals surface area contributed by atoms with Crippen LogP contribution in [0.15, 0.2) is 0 Å². The van der Waals surface area contributed by atoms with E-state index in [0.717, 1.165) is 39.1 Å². The van der Waals surface area contributed by atoms with Gasteiger partial charge < -0.3 is 20.4 Å². The zero-order valence-electron chi connectivity index (χ0n) is 11.8. The molecule has 0 aromatic heterocycles. The second-order valence-corrected chi connectivity index (χ2v) is 5.87. The number of carbonyl (C=O) groups excluding carboxylic acids is 1. The standard InChI is InChI=1S/C13H26N4O/c1-10(2)12-9-17(13(18)15-12)6-4-11-8-14-5-7-16(11)3/h10-12,14H,4-9H2,1-3H3,(H,15,18). The van der Waals surface area contributed by atoms with E-state index in [4.69, 9.17) is 0 Å². The van der Waals surface area contributed by atoms with Gasteiger partial charge in [0.2, 0.25) is 0 Å². The van der Waals surface area contributed by atoms with Gasteiger partial charge in [0.1, 0.15) is 0 Å². The molecule has 0 aromatic carbocycles. The van der Waals surface area contributed by atoms with Crippen molar-refractivity contribution in [2.75, 3.05) is 39.8 Å². The first-order chi connectivity index (χ1) is 8.58. The normalized spacial score (nSPS) is 30.0. The van der Waals surface area contributed by atoms with Gasteiger partial charge in [-0.05, 0) is 19.4 Å². The van der Waals surface area contributed by atoms with Gasteiger partial charge in [-0.1, -0.05) is 13.8 Å². The van der Waals surface area contributed by atoms with Crippen LogP contribution in [0.5, 0.6) is 0 Å². The van der Waals surface area contributed by atoms with Crippen molar-refractivity contribution in [3.63, 3.8) is 0 Å². The van der Waals surface area contributed by atoms with E-state index in [9.17, 15) is 4.79 Å². The number of hydrogen-bond acceptors (Lipinski definition) is 3. The maximum Gasteiger partial charge on any atom is 0.317 e. The molecule has 2 atom stereocenters. The molecule has 0 spiro atoms. The van der Waals surface area contributed by atoms with Gasteiger partial charge in [0, 0.05) is 38.8 Å². The summed E-state index contributed by atoms with van der Waals surface area (Å²) in [5.41, 5.74) is 0. The molecule has 0 aromatic rings. The van der Waals surface area contributed by atoms with Gasteiger partial charge in [-0.2, -0.15) is 0 Å². The number of urea groups is 1. The number of amides is 2. The molecule has 5 heteroatoms. The van der Waals surface area contributed by atoms with Crippen molar-refractivity contribution in [1.82, 2.24) is 20.4 Å². The summed E-state index contributed by atoms with van der Waals surface area (Å²) in [5.74, 6) is 0.512. The highest BCUT2D eigenvalue weighted by Crippen LogP contribution is 2.13. The predicted molar refractivity (Wildman–Crippen MR) is 72.6 cm³/mol. The minimum atomic E-state index is 0.111. The van der Waals surface area contributed by atoms with Crippen molar-refractivity contribution >= 4 is 6.03 Å². The first-order valence-electron chi connectivity index (χ1n) is 7.04. The zero-order chi connectivity index (χ0) is 13.1. The van der Waals surface area contributed by atoms with Crippen LogP contribution in [0.4, 0.5) is 4.79 Å². The summed E-state index contributed by atoms with van der Waals surface area (Å²) >= 11 is 0. The van der Waals surface area contributed by atoms with Crippen LogP contribution in [-0.2, 0) is 0 Å². The van der Waals surface area contributed by atoms with Crippen molar-refractivity contribution in [2.24, 2.45) is 5.92 Å². The molecule has 5 nitrogen and oxygen atoms in total. The fourth-order valence-corrected chi connectivity index (χ4v) is 2.68. The molecule has 2 aliphatic rings. The van der Waals surface area contributed by atoms with Gasteiger partial charge in [-0.15, -0.1) is 0 Å². The molecule has 2 amide bonds. The molecule has 104 valence electrons. The van der Waals surface area contributed by atoms with E-state index in [-0.39, 0.29) is 6.03 Å². The lowest BCUT2D eigenvalue weighted by Gasteiger charge is -2.34. The third-order valence-corrected chi connectivity index (χ3v) is 4.19. The van der Waals surface area contributed by atoms with Crippen molar-refractivity contribution < 1.29 is 4.79 Å². The molecule has 0 aliphatic carbocycles. The number of hydrogen-bond donors (Lipinski definition) is 2. The van der Waals surface area contributed by atoms with E-state index in [1.54, 1.807) is 0 Å². The van der Waals surface area contributed by atoms with Gasteiger partial charge in [0.05, 0.1) is 6.04 Å². The number of likely N-dealkylation sites (N-methyl/N-ethyl adjacent to an activating group) is 1. The van der Waals surface area contributed by atoms with Crippen molar-refractivity contribution in [2.45, 2.75) is 32.4 Å². The Morgan fingerprint density at radius 2 is 2.22 bits per heavy atom. The average Bonchev–Trinajstić information content (AvgIpc) is 2.70. The quantitative estimate of drug-likeness (QED) is 0.760. The second-order valence-electron chi connectivity index (χ2n) is 5.87.